The van der Waals surface area contributed by atoms with E-state index >= 15 is 0 Å². The van der Waals surface area contributed by atoms with Crippen molar-refractivity contribution >= 4 is 17.4 Å². The highest BCUT2D eigenvalue weighted by atomic mass is 35.5. The zero-order chi connectivity index (χ0) is 16.1. The van der Waals surface area contributed by atoms with Crippen molar-refractivity contribution in [1.29, 1.82) is 0 Å². The van der Waals surface area contributed by atoms with E-state index in [0.29, 0.717) is 16.3 Å². The number of aromatic nitrogens is 3. The van der Waals surface area contributed by atoms with Crippen LogP contribution < -0.4 is 4.74 Å². The number of benzene rings is 2. The van der Waals surface area contributed by atoms with Crippen molar-refractivity contribution < 1.29 is 9.53 Å². The van der Waals surface area contributed by atoms with Gasteiger partial charge in [-0.1, -0.05) is 41.9 Å². The van der Waals surface area contributed by atoms with E-state index in [9.17, 15) is 4.79 Å². The molecule has 1 atom stereocenters. The maximum atomic E-state index is 12.7. The van der Waals surface area contributed by atoms with Crippen LogP contribution in [0.1, 0.15) is 10.4 Å². The molecule has 0 spiro atoms. The zero-order valence-electron chi connectivity index (χ0n) is 12.2. The fraction of sp³-hybridized carbons (Fsp3) is 0.118. The number of hydrogen-bond donors (Lipinski definition) is 0. The summed E-state index contributed by atoms with van der Waals surface area (Å²) in [6.45, 7) is 0.274. The first kappa shape index (κ1) is 15.2. The smallest absolute Gasteiger partial charge is 0.205 e. The number of ketones is 1. The molecule has 116 valence electrons. The molecule has 3 aromatic rings. The highest BCUT2D eigenvalue weighted by Gasteiger charge is 2.23. The third-order valence-electron chi connectivity index (χ3n) is 3.26. The van der Waals surface area contributed by atoms with Gasteiger partial charge in [-0.3, -0.25) is 4.79 Å². The fourth-order valence-corrected chi connectivity index (χ4v) is 2.26. The highest BCUT2D eigenvalue weighted by Crippen LogP contribution is 2.19. The van der Waals surface area contributed by atoms with Crippen molar-refractivity contribution in [3.8, 4) is 5.75 Å². The van der Waals surface area contributed by atoms with Gasteiger partial charge < -0.3 is 4.74 Å². The lowest BCUT2D eigenvalue weighted by atomic mass is 10.1. The number of halogens is 1. The van der Waals surface area contributed by atoms with Gasteiger partial charge in [0.15, 0.2) is 6.10 Å². The summed E-state index contributed by atoms with van der Waals surface area (Å²) in [7, 11) is 0. The molecular formula is C17H14ClN3O2. The lowest BCUT2D eigenvalue weighted by Crippen LogP contribution is -2.32. The quantitative estimate of drug-likeness (QED) is 0.652. The lowest BCUT2D eigenvalue weighted by molar-refractivity contribution is 0.0756. The zero-order valence-corrected chi connectivity index (χ0v) is 12.9. The maximum absolute atomic E-state index is 12.7. The molecule has 0 aliphatic carbocycles. The summed E-state index contributed by atoms with van der Waals surface area (Å²) >= 11 is 5.88. The molecule has 0 saturated carbocycles. The number of Topliss-reactive ketones (excluding diaryl/α,β-unsaturated/α-hetero) is 1. The van der Waals surface area contributed by atoms with E-state index in [-0.39, 0.29) is 12.3 Å². The van der Waals surface area contributed by atoms with E-state index < -0.39 is 6.10 Å². The Hall–Kier alpha value is -2.66. The minimum atomic E-state index is -0.708. The molecular weight excluding hydrogens is 314 g/mol. The molecule has 2 aromatic carbocycles. The Kier molecular flexibility index (Phi) is 4.68. The summed E-state index contributed by atoms with van der Waals surface area (Å²) in [5, 5.41) is 4.65. The number of ether oxygens (including phenoxy) is 1. The van der Waals surface area contributed by atoms with Gasteiger partial charge in [-0.25, -0.2) is 9.67 Å². The van der Waals surface area contributed by atoms with Gasteiger partial charge in [0.05, 0.1) is 6.54 Å². The van der Waals surface area contributed by atoms with E-state index in [4.69, 9.17) is 16.3 Å². The van der Waals surface area contributed by atoms with E-state index in [1.807, 2.05) is 18.2 Å². The Bertz CT molecular complexity index is 758. The van der Waals surface area contributed by atoms with Crippen LogP contribution in [0.2, 0.25) is 5.02 Å². The first-order valence-electron chi connectivity index (χ1n) is 7.06. The van der Waals surface area contributed by atoms with E-state index in [2.05, 4.69) is 10.1 Å². The molecule has 23 heavy (non-hydrogen) atoms. The van der Waals surface area contributed by atoms with Gasteiger partial charge in [-0.2, -0.15) is 5.10 Å². The molecule has 0 N–H and O–H groups in total. The summed E-state index contributed by atoms with van der Waals surface area (Å²) in [6.07, 6.45) is 2.27. The summed E-state index contributed by atoms with van der Waals surface area (Å²) in [5.41, 5.74) is 0.589. The SMILES string of the molecule is O=C(c1ccccc1)C(Cn1cncn1)Oc1ccc(Cl)cc1. The van der Waals surface area contributed by atoms with Crippen molar-refractivity contribution in [2.75, 3.05) is 0 Å². The number of hydrogen-bond acceptors (Lipinski definition) is 4. The summed E-state index contributed by atoms with van der Waals surface area (Å²) in [5.74, 6) is 0.458. The number of carbonyl (C=O) groups excluding carboxylic acids is 1. The summed E-state index contributed by atoms with van der Waals surface area (Å²) < 4.78 is 7.43. The number of nitrogens with zero attached hydrogens (tertiary/aromatic N) is 3. The van der Waals surface area contributed by atoms with E-state index in [1.165, 1.54) is 6.33 Å². The second kappa shape index (κ2) is 7.07. The Morgan fingerprint density at radius 3 is 2.52 bits per heavy atom. The lowest BCUT2D eigenvalue weighted by Gasteiger charge is -2.18. The molecule has 6 heteroatoms. The van der Waals surface area contributed by atoms with Crippen LogP contribution in [0.4, 0.5) is 0 Å². The van der Waals surface area contributed by atoms with Crippen molar-refractivity contribution in [2.24, 2.45) is 0 Å². The van der Waals surface area contributed by atoms with Gasteiger partial charge in [-0.05, 0) is 24.3 Å². The van der Waals surface area contributed by atoms with Crippen LogP contribution in [0, 0.1) is 0 Å². The average molecular weight is 328 g/mol. The fourth-order valence-electron chi connectivity index (χ4n) is 2.14. The first-order valence-corrected chi connectivity index (χ1v) is 7.44. The highest BCUT2D eigenvalue weighted by molar-refractivity contribution is 6.30. The topological polar surface area (TPSA) is 57.0 Å². The first-order chi connectivity index (χ1) is 11.2. The average Bonchev–Trinajstić information content (AvgIpc) is 3.09. The number of carbonyl (C=O) groups is 1. The molecule has 0 aliphatic heterocycles. The Labute approximate surface area is 138 Å². The van der Waals surface area contributed by atoms with Crippen LogP contribution in [0.5, 0.6) is 5.75 Å². The molecule has 0 fully saturated rings. The van der Waals surface area contributed by atoms with Crippen molar-refractivity contribution in [1.82, 2.24) is 14.8 Å². The van der Waals surface area contributed by atoms with Crippen molar-refractivity contribution in [3.05, 3.63) is 77.8 Å². The van der Waals surface area contributed by atoms with E-state index in [1.54, 1.807) is 47.4 Å². The Morgan fingerprint density at radius 2 is 1.87 bits per heavy atom. The molecule has 0 bridgehead atoms. The normalized spacial score (nSPS) is 11.9. The van der Waals surface area contributed by atoms with Crippen LogP contribution in [-0.4, -0.2) is 26.7 Å². The van der Waals surface area contributed by atoms with Crippen LogP contribution >= 0.6 is 11.6 Å². The van der Waals surface area contributed by atoms with Gasteiger partial charge in [-0.15, -0.1) is 0 Å². The predicted molar refractivity (Wildman–Crippen MR) is 86.7 cm³/mol. The minimum Gasteiger partial charge on any atom is -0.480 e. The number of rotatable bonds is 6. The van der Waals surface area contributed by atoms with Crippen LogP contribution in [0.3, 0.4) is 0 Å². The third kappa shape index (κ3) is 3.96. The largest absolute Gasteiger partial charge is 0.480 e. The molecule has 3 rings (SSSR count). The molecule has 5 nitrogen and oxygen atoms in total. The molecule has 0 saturated heterocycles. The van der Waals surface area contributed by atoms with E-state index in [0.717, 1.165) is 0 Å². The Morgan fingerprint density at radius 1 is 1.13 bits per heavy atom. The molecule has 0 radical (unpaired) electrons. The summed E-state index contributed by atoms with van der Waals surface area (Å²) in [6, 6.07) is 15.9. The van der Waals surface area contributed by atoms with Crippen LogP contribution in [0.25, 0.3) is 0 Å². The minimum absolute atomic E-state index is 0.115. The molecule has 1 aromatic heterocycles. The van der Waals surface area contributed by atoms with Crippen LogP contribution in [0.15, 0.2) is 67.3 Å². The van der Waals surface area contributed by atoms with Gasteiger partial charge in [0.1, 0.15) is 18.4 Å². The molecule has 0 aliphatic rings. The predicted octanol–water partition coefficient (Wildman–Crippen LogP) is 3.26. The van der Waals surface area contributed by atoms with Gasteiger partial charge >= 0.3 is 0 Å². The van der Waals surface area contributed by atoms with Gasteiger partial charge in [0, 0.05) is 10.6 Å². The summed E-state index contributed by atoms with van der Waals surface area (Å²) in [4.78, 5) is 16.6. The standard InChI is InChI=1S/C17H14ClN3O2/c18-14-6-8-15(9-7-14)23-16(10-21-12-19-11-20-21)17(22)13-4-2-1-3-5-13/h1-9,11-12,16H,10H2. The van der Waals surface area contributed by atoms with Crippen molar-refractivity contribution in [2.45, 2.75) is 12.6 Å². The second-order valence-electron chi connectivity index (χ2n) is 4.91. The van der Waals surface area contributed by atoms with Crippen LogP contribution in [-0.2, 0) is 6.54 Å². The molecule has 0 amide bonds. The monoisotopic (exact) mass is 327 g/mol. The molecule has 1 unspecified atom stereocenters. The Balaban J connectivity index is 1.83. The van der Waals surface area contributed by atoms with Crippen molar-refractivity contribution in [3.63, 3.8) is 0 Å². The van der Waals surface area contributed by atoms with Gasteiger partial charge in [0.2, 0.25) is 5.78 Å². The molecule has 1 heterocycles. The maximum Gasteiger partial charge on any atom is 0.205 e. The third-order valence-corrected chi connectivity index (χ3v) is 3.51. The second-order valence-corrected chi connectivity index (χ2v) is 5.34. The van der Waals surface area contributed by atoms with Gasteiger partial charge in [0.25, 0.3) is 0 Å².